The van der Waals surface area contributed by atoms with E-state index < -0.39 is 0 Å². The Balaban J connectivity index is 1.49. The van der Waals surface area contributed by atoms with Gasteiger partial charge in [0, 0.05) is 38.1 Å². The van der Waals surface area contributed by atoms with Crippen LogP contribution in [0, 0.1) is 0 Å². The Kier molecular flexibility index (Phi) is 4.79. The van der Waals surface area contributed by atoms with Gasteiger partial charge in [0.25, 0.3) is 5.91 Å². The second-order valence-electron chi connectivity index (χ2n) is 6.33. The summed E-state index contributed by atoms with van der Waals surface area (Å²) in [5.74, 6) is -0.0143. The fourth-order valence-electron chi connectivity index (χ4n) is 3.58. The maximum atomic E-state index is 12.4. The lowest BCUT2D eigenvalue weighted by atomic mass is 9.88. The number of carbonyl (C=O) groups is 2. The first kappa shape index (κ1) is 15.8. The molecule has 1 saturated carbocycles. The number of rotatable bonds is 6. The van der Waals surface area contributed by atoms with Crippen LogP contribution in [0.25, 0.3) is 0 Å². The monoisotopic (exact) mass is 316 g/mol. The number of hydrogen-bond acceptors (Lipinski definition) is 3. The highest BCUT2D eigenvalue weighted by molar-refractivity contribution is 6.02. The van der Waals surface area contributed by atoms with Gasteiger partial charge in [-0.1, -0.05) is 6.42 Å². The van der Waals surface area contributed by atoms with Crippen LogP contribution in [0.15, 0.2) is 29.6 Å². The minimum absolute atomic E-state index is 0.0404. The van der Waals surface area contributed by atoms with Crippen LogP contribution in [0.5, 0.6) is 0 Å². The van der Waals surface area contributed by atoms with Gasteiger partial charge in [0.2, 0.25) is 5.91 Å². The van der Waals surface area contributed by atoms with Crippen LogP contribution in [0.1, 0.15) is 38.5 Å². The summed E-state index contributed by atoms with van der Waals surface area (Å²) in [6.45, 7) is 1.39. The average Bonchev–Trinajstić information content (AvgIpc) is 3.15. The molecule has 0 saturated heterocycles. The first-order valence-electron chi connectivity index (χ1n) is 8.40. The molecule has 2 amide bonds. The van der Waals surface area contributed by atoms with E-state index in [0.29, 0.717) is 6.54 Å². The molecule has 124 valence electrons. The van der Waals surface area contributed by atoms with Gasteiger partial charge in [-0.25, -0.2) is 0 Å². The fourth-order valence-corrected chi connectivity index (χ4v) is 3.58. The Morgan fingerprint density at radius 3 is 3.09 bits per heavy atom. The molecule has 1 fully saturated rings. The Hall–Kier alpha value is -2.11. The van der Waals surface area contributed by atoms with Crippen LogP contribution in [-0.2, 0) is 16.1 Å². The van der Waals surface area contributed by atoms with Gasteiger partial charge in [-0.3, -0.25) is 14.3 Å². The van der Waals surface area contributed by atoms with Crippen molar-refractivity contribution in [2.75, 3.05) is 13.6 Å². The molecule has 6 heteroatoms. The summed E-state index contributed by atoms with van der Waals surface area (Å²) in [6, 6.07) is 2.12. The topological polar surface area (TPSA) is 67.2 Å². The zero-order valence-electron chi connectivity index (χ0n) is 13.6. The molecule has 1 atom stereocenters. The fraction of sp³-hybridized carbons (Fsp3) is 0.588. The lowest BCUT2D eigenvalue weighted by Crippen LogP contribution is -2.33. The van der Waals surface area contributed by atoms with Crippen molar-refractivity contribution in [2.45, 2.75) is 51.1 Å². The Morgan fingerprint density at radius 2 is 2.30 bits per heavy atom. The molecular weight excluding hydrogens is 292 g/mol. The molecule has 1 N–H and O–H groups in total. The van der Waals surface area contributed by atoms with Gasteiger partial charge >= 0.3 is 0 Å². The van der Waals surface area contributed by atoms with Crippen molar-refractivity contribution in [1.29, 1.82) is 0 Å². The molecule has 1 aromatic heterocycles. The molecule has 2 aliphatic rings. The van der Waals surface area contributed by atoms with Crippen molar-refractivity contribution in [3.8, 4) is 0 Å². The summed E-state index contributed by atoms with van der Waals surface area (Å²) in [7, 11) is 1.85. The predicted molar refractivity (Wildman–Crippen MR) is 86.5 cm³/mol. The molecule has 1 aliphatic carbocycles. The molecule has 0 radical (unpaired) electrons. The lowest BCUT2D eigenvalue weighted by molar-refractivity contribution is -0.127. The van der Waals surface area contributed by atoms with Gasteiger partial charge in [-0.15, -0.1) is 0 Å². The summed E-state index contributed by atoms with van der Waals surface area (Å²) in [4.78, 5) is 26.3. The van der Waals surface area contributed by atoms with E-state index in [1.54, 1.807) is 6.20 Å². The average molecular weight is 316 g/mol. The van der Waals surface area contributed by atoms with Crippen molar-refractivity contribution in [3.05, 3.63) is 29.6 Å². The molecule has 6 nitrogen and oxygen atoms in total. The van der Waals surface area contributed by atoms with Crippen LogP contribution >= 0.6 is 0 Å². The summed E-state index contributed by atoms with van der Waals surface area (Å²) >= 11 is 0. The highest BCUT2D eigenvalue weighted by Gasteiger charge is 2.38. The van der Waals surface area contributed by atoms with Crippen LogP contribution in [-0.4, -0.2) is 46.1 Å². The number of likely N-dealkylation sites (N-methyl/N-ethyl adjacent to an activating group) is 1. The molecule has 3 rings (SSSR count). The summed E-state index contributed by atoms with van der Waals surface area (Å²) in [6.07, 6.45) is 8.99. The third-order valence-electron chi connectivity index (χ3n) is 4.79. The summed E-state index contributed by atoms with van der Waals surface area (Å²) in [5, 5.41) is 7.04. The van der Waals surface area contributed by atoms with E-state index in [1.807, 2.05) is 28.9 Å². The van der Waals surface area contributed by atoms with Crippen LogP contribution in [0.3, 0.4) is 0 Å². The standard InChI is InChI=1S/C17H24N4O2/c1-20-15-7-3-2-6-13(15)14(17(20)23)12-16(22)18-8-4-10-21-11-5-9-19-21/h5,9,11,15H,2-4,6-8,10,12H2,1H3,(H,18,22). The molecule has 2 heterocycles. The predicted octanol–water partition coefficient (Wildman–Crippen LogP) is 1.49. The normalized spacial score (nSPS) is 20.8. The van der Waals surface area contributed by atoms with E-state index in [2.05, 4.69) is 10.4 Å². The SMILES string of the molecule is CN1C(=O)C(CC(=O)NCCCn2cccn2)=C2CCCCC21. The van der Waals surface area contributed by atoms with E-state index in [1.165, 1.54) is 12.0 Å². The first-order chi connectivity index (χ1) is 11.2. The zero-order valence-corrected chi connectivity index (χ0v) is 13.6. The van der Waals surface area contributed by atoms with Gasteiger partial charge in [0.15, 0.2) is 0 Å². The van der Waals surface area contributed by atoms with E-state index >= 15 is 0 Å². The van der Waals surface area contributed by atoms with Crippen molar-refractivity contribution >= 4 is 11.8 Å². The van der Waals surface area contributed by atoms with Crippen LogP contribution < -0.4 is 5.32 Å². The second-order valence-corrected chi connectivity index (χ2v) is 6.33. The Labute approximate surface area is 136 Å². The maximum Gasteiger partial charge on any atom is 0.250 e. The van der Waals surface area contributed by atoms with Crippen molar-refractivity contribution in [3.63, 3.8) is 0 Å². The van der Waals surface area contributed by atoms with Crippen molar-refractivity contribution in [2.24, 2.45) is 0 Å². The summed E-state index contributed by atoms with van der Waals surface area (Å²) in [5.41, 5.74) is 1.94. The second kappa shape index (κ2) is 6.98. The quantitative estimate of drug-likeness (QED) is 0.809. The van der Waals surface area contributed by atoms with E-state index in [-0.39, 0.29) is 24.3 Å². The van der Waals surface area contributed by atoms with Crippen molar-refractivity contribution in [1.82, 2.24) is 20.0 Å². The van der Waals surface area contributed by atoms with Gasteiger partial charge in [0.1, 0.15) is 0 Å². The molecule has 0 spiro atoms. The molecule has 1 aromatic rings. The highest BCUT2D eigenvalue weighted by atomic mass is 16.2. The number of nitrogens with one attached hydrogen (secondary N) is 1. The molecule has 1 unspecified atom stereocenters. The molecule has 1 aliphatic heterocycles. The maximum absolute atomic E-state index is 12.4. The van der Waals surface area contributed by atoms with Crippen molar-refractivity contribution < 1.29 is 9.59 Å². The molecule has 23 heavy (non-hydrogen) atoms. The van der Waals surface area contributed by atoms with E-state index in [0.717, 1.165) is 37.8 Å². The number of amides is 2. The molecule has 0 aromatic carbocycles. The Bertz CT molecular complexity index is 606. The number of aromatic nitrogens is 2. The smallest absolute Gasteiger partial charge is 0.250 e. The largest absolute Gasteiger partial charge is 0.356 e. The van der Waals surface area contributed by atoms with Gasteiger partial charge in [-0.2, -0.15) is 5.10 Å². The van der Waals surface area contributed by atoms with E-state index in [4.69, 9.17) is 0 Å². The lowest BCUT2D eigenvalue weighted by Gasteiger charge is -2.26. The summed E-state index contributed by atoms with van der Waals surface area (Å²) < 4.78 is 1.85. The number of nitrogens with zero attached hydrogens (tertiary/aromatic N) is 3. The Morgan fingerprint density at radius 1 is 1.43 bits per heavy atom. The van der Waals surface area contributed by atoms with E-state index in [9.17, 15) is 9.59 Å². The minimum Gasteiger partial charge on any atom is -0.356 e. The molecular formula is C17H24N4O2. The number of fused-ring (bicyclic) bond motifs is 1. The van der Waals surface area contributed by atoms with Crippen LogP contribution in [0.2, 0.25) is 0 Å². The minimum atomic E-state index is -0.0547. The highest BCUT2D eigenvalue weighted by Crippen LogP contribution is 2.36. The van der Waals surface area contributed by atoms with Gasteiger partial charge in [0.05, 0.1) is 12.5 Å². The first-order valence-corrected chi connectivity index (χ1v) is 8.40. The zero-order chi connectivity index (χ0) is 16.2. The number of carbonyl (C=O) groups excluding carboxylic acids is 2. The number of hydrogen-bond donors (Lipinski definition) is 1. The number of aryl methyl sites for hydroxylation is 1. The van der Waals surface area contributed by atoms with Gasteiger partial charge < -0.3 is 10.2 Å². The van der Waals surface area contributed by atoms with Gasteiger partial charge in [-0.05, 0) is 37.3 Å². The third-order valence-corrected chi connectivity index (χ3v) is 4.79. The van der Waals surface area contributed by atoms with Crippen LogP contribution in [0.4, 0.5) is 0 Å². The third kappa shape index (κ3) is 3.46. The molecule has 0 bridgehead atoms.